The second kappa shape index (κ2) is 7.20. The third-order valence-electron chi connectivity index (χ3n) is 3.94. The summed E-state index contributed by atoms with van der Waals surface area (Å²) < 4.78 is 17.0. The van der Waals surface area contributed by atoms with Crippen LogP contribution in [0.2, 0.25) is 0 Å². The summed E-state index contributed by atoms with van der Waals surface area (Å²) >= 11 is 0. The molecule has 2 atom stereocenters. The third-order valence-corrected chi connectivity index (χ3v) is 5.22. The maximum absolute atomic E-state index is 11.6. The van der Waals surface area contributed by atoms with Gasteiger partial charge in [0.05, 0.1) is 13.2 Å². The highest BCUT2D eigenvalue weighted by Gasteiger charge is 2.30. The largest absolute Gasteiger partial charge is 0.496 e. The van der Waals surface area contributed by atoms with Gasteiger partial charge in [-0.25, -0.2) is 0 Å². The van der Waals surface area contributed by atoms with Crippen molar-refractivity contribution in [3.05, 3.63) is 29.8 Å². The molecule has 1 saturated heterocycles. The zero-order valence-corrected chi connectivity index (χ0v) is 13.1. The molecule has 0 saturated carbocycles. The van der Waals surface area contributed by atoms with Crippen molar-refractivity contribution < 1.29 is 8.95 Å². The molecule has 0 amide bonds. The molecule has 112 valence electrons. The van der Waals surface area contributed by atoms with Gasteiger partial charge < -0.3 is 10.5 Å². The van der Waals surface area contributed by atoms with Crippen LogP contribution in [0.3, 0.4) is 0 Å². The minimum Gasteiger partial charge on any atom is -0.496 e. The summed E-state index contributed by atoms with van der Waals surface area (Å²) in [5.41, 5.74) is 7.50. The number of ether oxygens (including phenoxy) is 1. The van der Waals surface area contributed by atoms with Crippen LogP contribution in [-0.2, 0) is 10.8 Å². The van der Waals surface area contributed by atoms with Gasteiger partial charge in [-0.15, -0.1) is 0 Å². The standard InChI is InChI=1S/C15H24N2O2S/c1-3-13(16)15(17-8-10-20(18)11-9-17)12-6-4-5-7-14(12)19-2/h4-7,13,15H,3,8-11,16H2,1-2H3. The fourth-order valence-electron chi connectivity index (χ4n) is 2.76. The Labute approximate surface area is 123 Å². The number of nitrogens with zero attached hydrogens (tertiary/aromatic N) is 1. The Hall–Kier alpha value is -0.910. The summed E-state index contributed by atoms with van der Waals surface area (Å²) in [5, 5.41) is 0. The van der Waals surface area contributed by atoms with E-state index in [0.717, 1.165) is 42.3 Å². The van der Waals surface area contributed by atoms with Crippen molar-refractivity contribution in [1.82, 2.24) is 4.90 Å². The van der Waals surface area contributed by atoms with E-state index in [2.05, 4.69) is 17.9 Å². The Morgan fingerprint density at radius 1 is 1.35 bits per heavy atom. The van der Waals surface area contributed by atoms with Gasteiger partial charge >= 0.3 is 0 Å². The van der Waals surface area contributed by atoms with Gasteiger partial charge in [-0.3, -0.25) is 9.11 Å². The van der Waals surface area contributed by atoms with Crippen molar-refractivity contribution in [2.45, 2.75) is 25.4 Å². The molecule has 1 aliphatic rings. The van der Waals surface area contributed by atoms with Gasteiger partial charge in [-0.1, -0.05) is 25.1 Å². The molecule has 2 unspecified atom stereocenters. The molecule has 0 radical (unpaired) electrons. The van der Waals surface area contributed by atoms with Crippen molar-refractivity contribution in [3.63, 3.8) is 0 Å². The molecule has 1 aromatic carbocycles. The summed E-state index contributed by atoms with van der Waals surface area (Å²) in [5.74, 6) is 2.36. The second-order valence-corrected chi connectivity index (χ2v) is 6.84. The second-order valence-electron chi connectivity index (χ2n) is 5.14. The van der Waals surface area contributed by atoms with Gasteiger partial charge in [0.15, 0.2) is 0 Å². The number of hydrogen-bond acceptors (Lipinski definition) is 4. The maximum Gasteiger partial charge on any atom is 0.123 e. The van der Waals surface area contributed by atoms with Crippen molar-refractivity contribution in [1.29, 1.82) is 0 Å². The average molecular weight is 296 g/mol. The lowest BCUT2D eigenvalue weighted by molar-refractivity contribution is 0.181. The number of hydrogen-bond donors (Lipinski definition) is 1. The molecule has 2 N–H and O–H groups in total. The van der Waals surface area contributed by atoms with Crippen molar-refractivity contribution in [2.75, 3.05) is 31.7 Å². The SMILES string of the molecule is CCC(N)C(c1ccccc1OC)N1CCS(=O)CC1. The molecule has 5 heteroatoms. The van der Waals surface area contributed by atoms with Gasteiger partial charge in [-0.05, 0) is 12.5 Å². The molecule has 0 aromatic heterocycles. The Kier molecular flexibility index (Phi) is 5.57. The molecule has 1 aliphatic heterocycles. The predicted molar refractivity (Wildman–Crippen MR) is 83.5 cm³/mol. The molecule has 0 bridgehead atoms. The van der Waals surface area contributed by atoms with E-state index in [4.69, 9.17) is 10.5 Å². The van der Waals surface area contributed by atoms with E-state index in [1.807, 2.05) is 18.2 Å². The van der Waals surface area contributed by atoms with Gasteiger partial charge in [0, 0.05) is 47.0 Å². The van der Waals surface area contributed by atoms with Gasteiger partial charge in [0.1, 0.15) is 5.75 Å². The minimum atomic E-state index is -0.670. The first-order chi connectivity index (χ1) is 9.67. The van der Waals surface area contributed by atoms with Crippen LogP contribution in [0.1, 0.15) is 24.9 Å². The summed E-state index contributed by atoms with van der Waals surface area (Å²) in [6, 6.07) is 8.25. The first-order valence-corrected chi connectivity index (χ1v) is 8.63. The molecule has 2 rings (SSSR count). The molecular weight excluding hydrogens is 272 g/mol. The number of methoxy groups -OCH3 is 1. The molecule has 20 heavy (non-hydrogen) atoms. The Morgan fingerprint density at radius 3 is 2.60 bits per heavy atom. The van der Waals surface area contributed by atoms with Crippen LogP contribution >= 0.6 is 0 Å². The van der Waals surface area contributed by atoms with Crippen LogP contribution in [0.15, 0.2) is 24.3 Å². The van der Waals surface area contributed by atoms with Crippen LogP contribution in [0, 0.1) is 0 Å². The smallest absolute Gasteiger partial charge is 0.123 e. The van der Waals surface area contributed by atoms with Gasteiger partial charge in [0.2, 0.25) is 0 Å². The Morgan fingerprint density at radius 2 is 2.00 bits per heavy atom. The monoisotopic (exact) mass is 296 g/mol. The Balaban J connectivity index is 2.29. The topological polar surface area (TPSA) is 55.6 Å². The lowest BCUT2D eigenvalue weighted by Gasteiger charge is -2.38. The van der Waals surface area contributed by atoms with Crippen LogP contribution in [0.4, 0.5) is 0 Å². The van der Waals surface area contributed by atoms with Crippen LogP contribution in [0.5, 0.6) is 5.75 Å². The fraction of sp³-hybridized carbons (Fsp3) is 0.600. The molecule has 1 heterocycles. The van der Waals surface area contributed by atoms with Crippen molar-refractivity contribution >= 4 is 10.8 Å². The molecule has 1 aromatic rings. The van der Waals surface area contributed by atoms with E-state index < -0.39 is 10.8 Å². The number of para-hydroxylation sites is 1. The van der Waals surface area contributed by atoms with Crippen LogP contribution in [0.25, 0.3) is 0 Å². The number of nitrogens with two attached hydrogens (primary N) is 1. The molecule has 0 aliphatic carbocycles. The number of benzene rings is 1. The minimum absolute atomic E-state index is 0.0536. The van der Waals surface area contributed by atoms with E-state index in [0.29, 0.717) is 0 Å². The zero-order chi connectivity index (χ0) is 14.5. The van der Waals surface area contributed by atoms with Crippen molar-refractivity contribution in [2.24, 2.45) is 5.73 Å². The quantitative estimate of drug-likeness (QED) is 0.895. The normalized spacial score (nSPS) is 20.6. The summed E-state index contributed by atoms with van der Waals surface area (Å²) in [4.78, 5) is 2.35. The van der Waals surface area contributed by atoms with Crippen LogP contribution < -0.4 is 10.5 Å². The lowest BCUT2D eigenvalue weighted by atomic mass is 9.95. The fourth-order valence-corrected chi connectivity index (χ4v) is 3.84. The van der Waals surface area contributed by atoms with Crippen molar-refractivity contribution in [3.8, 4) is 5.75 Å². The molecule has 4 nitrogen and oxygen atoms in total. The van der Waals surface area contributed by atoms with E-state index in [9.17, 15) is 4.21 Å². The van der Waals surface area contributed by atoms with Crippen LogP contribution in [-0.4, -0.2) is 46.9 Å². The predicted octanol–water partition coefficient (Wildman–Crippen LogP) is 1.54. The summed E-state index contributed by atoms with van der Waals surface area (Å²) in [6.45, 7) is 3.78. The lowest BCUT2D eigenvalue weighted by Crippen LogP contribution is -2.46. The number of rotatable bonds is 5. The van der Waals surface area contributed by atoms with E-state index in [1.165, 1.54) is 0 Å². The first-order valence-electron chi connectivity index (χ1n) is 7.15. The van der Waals surface area contributed by atoms with Gasteiger partial charge in [-0.2, -0.15) is 0 Å². The Bertz CT molecular complexity index is 457. The highest BCUT2D eigenvalue weighted by molar-refractivity contribution is 7.85. The van der Waals surface area contributed by atoms with Gasteiger partial charge in [0.25, 0.3) is 0 Å². The van der Waals surface area contributed by atoms with E-state index >= 15 is 0 Å². The van der Waals surface area contributed by atoms with E-state index in [-0.39, 0.29) is 12.1 Å². The molecular formula is C15H24N2O2S. The van der Waals surface area contributed by atoms with E-state index in [1.54, 1.807) is 7.11 Å². The highest BCUT2D eigenvalue weighted by Crippen LogP contribution is 2.32. The highest BCUT2D eigenvalue weighted by atomic mass is 32.2. The third kappa shape index (κ3) is 3.40. The molecule has 1 fully saturated rings. The average Bonchev–Trinajstić information content (AvgIpc) is 2.49. The molecule has 0 spiro atoms. The summed E-state index contributed by atoms with van der Waals surface area (Å²) in [7, 11) is 1.02. The summed E-state index contributed by atoms with van der Waals surface area (Å²) in [6.07, 6.45) is 0.905. The zero-order valence-electron chi connectivity index (χ0n) is 12.2. The maximum atomic E-state index is 11.6. The first kappa shape index (κ1) is 15.5.